The predicted octanol–water partition coefficient (Wildman–Crippen LogP) is 4.31. The molecule has 5 rings (SSSR count). The van der Waals surface area contributed by atoms with Gasteiger partial charge in [0.25, 0.3) is 5.91 Å². The van der Waals surface area contributed by atoms with Crippen molar-refractivity contribution in [1.82, 2.24) is 15.1 Å². The molecule has 2 heterocycles. The second-order valence-electron chi connectivity index (χ2n) is 9.51. The number of fused-ring (bicyclic) bond motifs is 1. The zero-order valence-corrected chi connectivity index (χ0v) is 20.0. The van der Waals surface area contributed by atoms with E-state index in [1.807, 2.05) is 79.7 Å². The number of amides is 3. The van der Waals surface area contributed by atoms with E-state index < -0.39 is 12.1 Å². The largest absolute Gasteiger partial charge is 0.348 e. The molecule has 35 heavy (non-hydrogen) atoms. The third-order valence-corrected chi connectivity index (χ3v) is 7.32. The summed E-state index contributed by atoms with van der Waals surface area (Å²) in [4.78, 5) is 43.8. The number of likely N-dealkylation sites (tertiary alicyclic amines) is 2. The van der Waals surface area contributed by atoms with Gasteiger partial charge in [-0.05, 0) is 55.0 Å². The van der Waals surface area contributed by atoms with Gasteiger partial charge < -0.3 is 15.1 Å². The van der Waals surface area contributed by atoms with Gasteiger partial charge in [0.2, 0.25) is 11.8 Å². The first kappa shape index (κ1) is 23.1. The van der Waals surface area contributed by atoms with Crippen molar-refractivity contribution in [3.8, 4) is 0 Å². The first-order chi connectivity index (χ1) is 17.0. The third-order valence-electron chi connectivity index (χ3n) is 7.32. The Morgan fingerprint density at radius 2 is 1.46 bits per heavy atom. The predicted molar refractivity (Wildman–Crippen MR) is 136 cm³/mol. The second kappa shape index (κ2) is 9.90. The van der Waals surface area contributed by atoms with Gasteiger partial charge in [0.05, 0.1) is 6.04 Å². The summed E-state index contributed by atoms with van der Waals surface area (Å²) >= 11 is 0. The Morgan fingerprint density at radius 3 is 2.26 bits per heavy atom. The van der Waals surface area contributed by atoms with Crippen LogP contribution in [0.3, 0.4) is 0 Å². The summed E-state index contributed by atoms with van der Waals surface area (Å²) in [7, 11) is 0. The Bertz CT molecular complexity index is 1240. The minimum absolute atomic E-state index is 0.110. The number of rotatable bonds is 5. The van der Waals surface area contributed by atoms with Crippen molar-refractivity contribution in [3.63, 3.8) is 0 Å². The lowest BCUT2D eigenvalue weighted by Gasteiger charge is -2.31. The Labute approximate surface area is 205 Å². The van der Waals surface area contributed by atoms with Crippen LogP contribution < -0.4 is 5.32 Å². The zero-order valence-electron chi connectivity index (χ0n) is 20.0. The standard InChI is InChI=1S/C29H31N3O3/c1-20(21-10-3-2-4-11-21)30-27(33)25-16-8-18-31(25)29(35)26-17-9-19-32(26)28(34)24-15-7-13-22-12-5-6-14-23(22)24/h2-7,10-15,20,25-26H,8-9,16-19H2,1H3,(H,30,33)/t20-,25-,26-/m0/s1. The van der Waals surface area contributed by atoms with Gasteiger partial charge in [-0.15, -0.1) is 0 Å². The van der Waals surface area contributed by atoms with Crippen LogP contribution in [0.1, 0.15) is 54.6 Å². The highest BCUT2D eigenvalue weighted by molar-refractivity contribution is 6.08. The molecular weight excluding hydrogens is 438 g/mol. The Kier molecular flexibility index (Phi) is 6.53. The number of hydrogen-bond acceptors (Lipinski definition) is 3. The monoisotopic (exact) mass is 469 g/mol. The van der Waals surface area contributed by atoms with Crippen LogP contribution >= 0.6 is 0 Å². The Morgan fingerprint density at radius 1 is 0.800 bits per heavy atom. The summed E-state index contributed by atoms with van der Waals surface area (Å²) in [6.45, 7) is 3.05. The van der Waals surface area contributed by atoms with Crippen LogP contribution in [0.15, 0.2) is 72.8 Å². The minimum atomic E-state index is -0.526. The highest BCUT2D eigenvalue weighted by Gasteiger charge is 2.42. The fourth-order valence-corrected chi connectivity index (χ4v) is 5.46. The minimum Gasteiger partial charge on any atom is -0.348 e. The fraction of sp³-hybridized carbons (Fsp3) is 0.345. The molecule has 2 saturated heterocycles. The zero-order chi connectivity index (χ0) is 24.4. The summed E-state index contributed by atoms with van der Waals surface area (Å²) in [5, 5.41) is 4.98. The Balaban J connectivity index is 1.32. The lowest BCUT2D eigenvalue weighted by molar-refractivity contribution is -0.141. The van der Waals surface area contributed by atoms with Gasteiger partial charge in [0.1, 0.15) is 12.1 Å². The molecule has 180 valence electrons. The van der Waals surface area contributed by atoms with E-state index in [2.05, 4.69) is 5.32 Å². The number of carbonyl (C=O) groups is 3. The van der Waals surface area contributed by atoms with E-state index >= 15 is 0 Å². The molecule has 0 aromatic heterocycles. The highest BCUT2D eigenvalue weighted by Crippen LogP contribution is 2.28. The van der Waals surface area contributed by atoms with Crippen LogP contribution in [0, 0.1) is 0 Å². The first-order valence-corrected chi connectivity index (χ1v) is 12.5. The van der Waals surface area contributed by atoms with Crippen LogP contribution in [0.2, 0.25) is 0 Å². The van der Waals surface area contributed by atoms with E-state index in [0.717, 1.165) is 29.2 Å². The van der Waals surface area contributed by atoms with Crippen molar-refractivity contribution < 1.29 is 14.4 Å². The molecule has 6 nitrogen and oxygen atoms in total. The lowest BCUT2D eigenvalue weighted by Crippen LogP contribution is -2.53. The summed E-state index contributed by atoms with van der Waals surface area (Å²) in [6, 6.07) is 22.2. The summed E-state index contributed by atoms with van der Waals surface area (Å²) < 4.78 is 0. The van der Waals surface area contributed by atoms with Gasteiger partial charge in [0.15, 0.2) is 0 Å². The molecule has 3 aromatic carbocycles. The molecule has 2 aliphatic rings. The van der Waals surface area contributed by atoms with E-state index in [1.54, 1.807) is 9.80 Å². The number of benzene rings is 3. The maximum atomic E-state index is 13.7. The first-order valence-electron chi connectivity index (χ1n) is 12.5. The molecule has 0 unspecified atom stereocenters. The summed E-state index contributed by atoms with van der Waals surface area (Å²) in [5.74, 6) is -0.353. The Hall–Kier alpha value is -3.67. The average molecular weight is 470 g/mol. The summed E-state index contributed by atoms with van der Waals surface area (Å²) in [5.41, 5.74) is 1.65. The summed E-state index contributed by atoms with van der Waals surface area (Å²) in [6.07, 6.45) is 2.83. The van der Waals surface area contributed by atoms with Crippen molar-refractivity contribution in [2.24, 2.45) is 0 Å². The third kappa shape index (κ3) is 4.53. The molecule has 3 aromatic rings. The van der Waals surface area contributed by atoms with Crippen molar-refractivity contribution in [2.75, 3.05) is 13.1 Å². The molecule has 2 fully saturated rings. The van der Waals surface area contributed by atoms with Gasteiger partial charge >= 0.3 is 0 Å². The molecule has 0 radical (unpaired) electrons. The quantitative estimate of drug-likeness (QED) is 0.605. The van der Waals surface area contributed by atoms with E-state index in [-0.39, 0.29) is 23.8 Å². The molecule has 2 aliphatic heterocycles. The average Bonchev–Trinajstić information content (AvgIpc) is 3.58. The van der Waals surface area contributed by atoms with Crippen LogP contribution in [0.5, 0.6) is 0 Å². The van der Waals surface area contributed by atoms with Crippen molar-refractivity contribution in [2.45, 2.75) is 50.7 Å². The van der Waals surface area contributed by atoms with E-state index in [9.17, 15) is 14.4 Å². The van der Waals surface area contributed by atoms with Crippen LogP contribution in [0.25, 0.3) is 10.8 Å². The molecule has 0 aliphatic carbocycles. The SMILES string of the molecule is C[C@H](NC(=O)[C@@H]1CCCN1C(=O)[C@@H]1CCCN1C(=O)c1cccc2ccccc12)c1ccccc1. The second-order valence-corrected chi connectivity index (χ2v) is 9.51. The normalized spacial score (nSPS) is 20.7. The van der Waals surface area contributed by atoms with Gasteiger partial charge in [-0.2, -0.15) is 0 Å². The van der Waals surface area contributed by atoms with Crippen LogP contribution in [0.4, 0.5) is 0 Å². The molecule has 3 atom stereocenters. The fourth-order valence-electron chi connectivity index (χ4n) is 5.46. The van der Waals surface area contributed by atoms with E-state index in [4.69, 9.17) is 0 Å². The molecule has 1 N–H and O–H groups in total. The molecule has 6 heteroatoms. The highest BCUT2D eigenvalue weighted by atomic mass is 16.2. The van der Waals surface area contributed by atoms with Crippen LogP contribution in [-0.4, -0.2) is 52.7 Å². The number of nitrogens with zero attached hydrogens (tertiary/aromatic N) is 2. The number of hydrogen-bond donors (Lipinski definition) is 1. The van der Waals surface area contributed by atoms with Crippen molar-refractivity contribution in [1.29, 1.82) is 0 Å². The lowest BCUT2D eigenvalue weighted by atomic mass is 10.0. The molecule has 0 spiro atoms. The van der Waals surface area contributed by atoms with Gasteiger partial charge in [0, 0.05) is 18.7 Å². The van der Waals surface area contributed by atoms with Gasteiger partial charge in [-0.25, -0.2) is 0 Å². The molecule has 0 saturated carbocycles. The smallest absolute Gasteiger partial charge is 0.255 e. The molecule has 3 amide bonds. The number of nitrogens with one attached hydrogen (secondary N) is 1. The topological polar surface area (TPSA) is 69.7 Å². The van der Waals surface area contributed by atoms with Crippen LogP contribution in [-0.2, 0) is 9.59 Å². The number of carbonyl (C=O) groups excluding carboxylic acids is 3. The molecular formula is C29H31N3O3. The van der Waals surface area contributed by atoms with E-state index in [1.165, 1.54) is 0 Å². The van der Waals surface area contributed by atoms with Crippen molar-refractivity contribution in [3.05, 3.63) is 83.9 Å². The van der Waals surface area contributed by atoms with Crippen molar-refractivity contribution >= 4 is 28.5 Å². The van der Waals surface area contributed by atoms with E-state index in [0.29, 0.717) is 31.5 Å². The van der Waals surface area contributed by atoms with Gasteiger partial charge in [-0.1, -0.05) is 66.7 Å². The maximum absolute atomic E-state index is 13.7. The van der Waals surface area contributed by atoms with Gasteiger partial charge in [-0.3, -0.25) is 14.4 Å². The molecule has 0 bridgehead atoms. The maximum Gasteiger partial charge on any atom is 0.255 e.